The highest BCUT2D eigenvalue weighted by atomic mass is 16.5. The number of ether oxygens (including phenoxy) is 1. The van der Waals surface area contributed by atoms with Crippen molar-refractivity contribution in [1.29, 1.82) is 0 Å². The van der Waals surface area contributed by atoms with Crippen molar-refractivity contribution in [3.8, 4) is 0 Å². The number of nitrogens with zero attached hydrogens (tertiary/aromatic N) is 1. The van der Waals surface area contributed by atoms with Crippen LogP contribution in [0.5, 0.6) is 0 Å². The van der Waals surface area contributed by atoms with Gasteiger partial charge in [0.05, 0.1) is 6.61 Å². The molecule has 1 aliphatic rings. The van der Waals surface area contributed by atoms with Gasteiger partial charge in [-0.05, 0) is 36.8 Å². The third-order valence-electron chi connectivity index (χ3n) is 4.82. The van der Waals surface area contributed by atoms with Crippen LogP contribution < -0.4 is 10.6 Å². The van der Waals surface area contributed by atoms with Crippen LogP contribution in [-0.4, -0.2) is 51.0 Å². The summed E-state index contributed by atoms with van der Waals surface area (Å²) < 4.78 is 5.53. The van der Waals surface area contributed by atoms with Crippen LogP contribution in [-0.2, 0) is 17.6 Å². The molecule has 1 fully saturated rings. The van der Waals surface area contributed by atoms with Crippen LogP contribution in [0.1, 0.15) is 30.9 Å². The first-order valence-corrected chi connectivity index (χ1v) is 8.92. The molecule has 1 aromatic rings. The van der Waals surface area contributed by atoms with Crippen LogP contribution in [0, 0.1) is 5.41 Å². The predicted octanol–water partition coefficient (Wildman–Crippen LogP) is 1.75. The number of hydrogen-bond acceptors (Lipinski definition) is 3. The van der Waals surface area contributed by atoms with E-state index in [2.05, 4.69) is 46.8 Å². The number of benzene rings is 1. The molecule has 0 saturated carbocycles. The molecule has 2 rings (SSSR count). The number of nitrogens with one attached hydrogen (secondary N) is 2. The Bertz CT molecular complexity index is 508. The SMILES string of the molecule is CCc1ccc(CCNC(=NC)NCC2(CCO)CCOC2)cc1. The van der Waals surface area contributed by atoms with Crippen LogP contribution in [0.2, 0.25) is 0 Å². The lowest BCUT2D eigenvalue weighted by atomic mass is 9.84. The summed E-state index contributed by atoms with van der Waals surface area (Å²) in [6.45, 7) is 5.48. The largest absolute Gasteiger partial charge is 0.396 e. The predicted molar refractivity (Wildman–Crippen MR) is 98.5 cm³/mol. The molecule has 1 atom stereocenters. The van der Waals surface area contributed by atoms with Crippen LogP contribution >= 0.6 is 0 Å². The van der Waals surface area contributed by atoms with E-state index in [1.807, 2.05) is 0 Å². The second-order valence-electron chi connectivity index (χ2n) is 6.55. The zero-order valence-corrected chi connectivity index (χ0v) is 15.0. The Morgan fingerprint density at radius 3 is 2.58 bits per heavy atom. The van der Waals surface area contributed by atoms with Gasteiger partial charge in [-0.1, -0.05) is 31.2 Å². The first-order valence-electron chi connectivity index (χ1n) is 8.92. The normalized spacial score (nSPS) is 21.0. The van der Waals surface area contributed by atoms with E-state index in [1.165, 1.54) is 11.1 Å². The van der Waals surface area contributed by atoms with Crippen molar-refractivity contribution < 1.29 is 9.84 Å². The van der Waals surface area contributed by atoms with E-state index in [0.717, 1.165) is 51.3 Å². The smallest absolute Gasteiger partial charge is 0.191 e. The zero-order valence-electron chi connectivity index (χ0n) is 15.0. The van der Waals surface area contributed by atoms with Gasteiger partial charge in [0.1, 0.15) is 0 Å². The quantitative estimate of drug-likeness (QED) is 0.501. The Hall–Kier alpha value is -1.59. The van der Waals surface area contributed by atoms with Gasteiger partial charge in [-0.15, -0.1) is 0 Å². The molecule has 0 radical (unpaired) electrons. The summed E-state index contributed by atoms with van der Waals surface area (Å²) in [4.78, 5) is 4.29. The van der Waals surface area contributed by atoms with E-state index < -0.39 is 0 Å². The molecule has 1 aromatic carbocycles. The molecule has 1 heterocycles. The molecule has 0 aromatic heterocycles. The lowest BCUT2D eigenvalue weighted by molar-refractivity contribution is 0.127. The van der Waals surface area contributed by atoms with E-state index in [-0.39, 0.29) is 12.0 Å². The van der Waals surface area contributed by atoms with Crippen molar-refractivity contribution in [3.63, 3.8) is 0 Å². The number of rotatable bonds is 8. The first-order chi connectivity index (χ1) is 11.7. The van der Waals surface area contributed by atoms with Crippen molar-refractivity contribution in [1.82, 2.24) is 10.6 Å². The molecule has 0 aliphatic carbocycles. The van der Waals surface area contributed by atoms with Gasteiger partial charge in [0.15, 0.2) is 5.96 Å². The molecule has 24 heavy (non-hydrogen) atoms. The summed E-state index contributed by atoms with van der Waals surface area (Å²) in [5.74, 6) is 0.810. The molecular weight excluding hydrogens is 302 g/mol. The fourth-order valence-electron chi connectivity index (χ4n) is 3.07. The number of aliphatic imine (C=N–C) groups is 1. The maximum absolute atomic E-state index is 9.29. The molecule has 1 saturated heterocycles. The summed E-state index contributed by atoms with van der Waals surface area (Å²) >= 11 is 0. The molecule has 1 aliphatic heterocycles. The minimum atomic E-state index is 0.0301. The van der Waals surface area contributed by atoms with Crippen molar-refractivity contribution in [2.24, 2.45) is 10.4 Å². The Balaban J connectivity index is 1.75. The third kappa shape index (κ3) is 5.49. The van der Waals surface area contributed by atoms with Crippen LogP contribution in [0.3, 0.4) is 0 Å². The lowest BCUT2D eigenvalue weighted by Crippen LogP contribution is -2.45. The molecule has 5 heteroatoms. The van der Waals surface area contributed by atoms with Crippen molar-refractivity contribution in [2.45, 2.75) is 32.6 Å². The summed E-state index contributed by atoms with van der Waals surface area (Å²) in [6.07, 6.45) is 3.80. The molecule has 0 amide bonds. The number of aliphatic hydroxyl groups excluding tert-OH is 1. The lowest BCUT2D eigenvalue weighted by Gasteiger charge is -2.27. The monoisotopic (exact) mass is 333 g/mol. The van der Waals surface area contributed by atoms with E-state index in [9.17, 15) is 5.11 Å². The first kappa shape index (κ1) is 18.7. The molecule has 0 bridgehead atoms. The minimum Gasteiger partial charge on any atom is -0.396 e. The van der Waals surface area contributed by atoms with Crippen LogP contribution in [0.25, 0.3) is 0 Å². The fraction of sp³-hybridized carbons (Fsp3) is 0.632. The van der Waals surface area contributed by atoms with Crippen molar-refractivity contribution >= 4 is 5.96 Å². The molecule has 0 spiro atoms. The van der Waals surface area contributed by atoms with Crippen molar-refractivity contribution in [3.05, 3.63) is 35.4 Å². The summed E-state index contributed by atoms with van der Waals surface area (Å²) in [7, 11) is 1.79. The highest BCUT2D eigenvalue weighted by Gasteiger charge is 2.34. The Morgan fingerprint density at radius 2 is 2.00 bits per heavy atom. The molecule has 1 unspecified atom stereocenters. The Kier molecular flexibility index (Phi) is 7.53. The number of hydrogen-bond donors (Lipinski definition) is 3. The van der Waals surface area contributed by atoms with Gasteiger partial charge in [-0.25, -0.2) is 0 Å². The van der Waals surface area contributed by atoms with Gasteiger partial charge < -0.3 is 20.5 Å². The number of aryl methyl sites for hydroxylation is 1. The van der Waals surface area contributed by atoms with Gasteiger partial charge >= 0.3 is 0 Å². The highest BCUT2D eigenvalue weighted by molar-refractivity contribution is 5.79. The highest BCUT2D eigenvalue weighted by Crippen LogP contribution is 2.31. The molecular formula is C19H31N3O2. The van der Waals surface area contributed by atoms with Gasteiger partial charge in [-0.3, -0.25) is 4.99 Å². The number of aliphatic hydroxyl groups is 1. The van der Waals surface area contributed by atoms with Gasteiger partial charge in [0.2, 0.25) is 0 Å². The van der Waals surface area contributed by atoms with Gasteiger partial charge in [0, 0.05) is 38.8 Å². The maximum Gasteiger partial charge on any atom is 0.191 e. The molecule has 5 nitrogen and oxygen atoms in total. The second kappa shape index (κ2) is 9.64. The third-order valence-corrected chi connectivity index (χ3v) is 4.82. The maximum atomic E-state index is 9.29. The van der Waals surface area contributed by atoms with E-state index in [0.29, 0.717) is 6.61 Å². The van der Waals surface area contributed by atoms with E-state index in [1.54, 1.807) is 7.05 Å². The van der Waals surface area contributed by atoms with Gasteiger partial charge in [-0.2, -0.15) is 0 Å². The van der Waals surface area contributed by atoms with Gasteiger partial charge in [0.25, 0.3) is 0 Å². The topological polar surface area (TPSA) is 65.9 Å². The Labute approximate surface area is 145 Å². The summed E-state index contributed by atoms with van der Waals surface area (Å²) in [5.41, 5.74) is 2.73. The summed E-state index contributed by atoms with van der Waals surface area (Å²) in [5, 5.41) is 16.0. The molecule has 134 valence electrons. The molecule has 3 N–H and O–H groups in total. The second-order valence-corrected chi connectivity index (χ2v) is 6.55. The average molecular weight is 333 g/mol. The number of guanidine groups is 1. The minimum absolute atomic E-state index is 0.0301. The Morgan fingerprint density at radius 1 is 1.25 bits per heavy atom. The van der Waals surface area contributed by atoms with E-state index >= 15 is 0 Å². The zero-order chi connectivity index (χ0) is 17.3. The van der Waals surface area contributed by atoms with Crippen LogP contribution in [0.4, 0.5) is 0 Å². The van der Waals surface area contributed by atoms with Crippen molar-refractivity contribution in [2.75, 3.05) is 40.0 Å². The fourth-order valence-corrected chi connectivity index (χ4v) is 3.07. The van der Waals surface area contributed by atoms with Crippen LogP contribution in [0.15, 0.2) is 29.3 Å². The van der Waals surface area contributed by atoms with E-state index in [4.69, 9.17) is 4.74 Å². The standard InChI is InChI=1S/C19H31N3O2/c1-3-16-4-6-17(7-5-16)8-11-21-18(20-2)22-14-19(9-12-23)10-13-24-15-19/h4-7,23H,3,8-15H2,1-2H3,(H2,20,21,22). The average Bonchev–Trinajstić information content (AvgIpc) is 3.07. The summed E-state index contributed by atoms with van der Waals surface area (Å²) in [6, 6.07) is 8.79.